The van der Waals surface area contributed by atoms with E-state index in [1.165, 1.54) is 10.9 Å². The average molecular weight is 423 g/mol. The minimum atomic E-state index is -2.91. The highest BCUT2D eigenvalue weighted by atomic mass is 35.5. The summed E-state index contributed by atoms with van der Waals surface area (Å²) in [6.07, 6.45) is 1.43. The minimum Gasteiger partial charge on any atom is -0.264 e. The van der Waals surface area contributed by atoms with Gasteiger partial charge in [0.25, 0.3) is 0 Å². The van der Waals surface area contributed by atoms with Crippen LogP contribution in [0.15, 0.2) is 51.7 Å². The molecule has 9 heteroatoms. The maximum absolute atomic E-state index is 12.9. The first-order valence-electron chi connectivity index (χ1n) is 7.90. The molecule has 0 bridgehead atoms. The molecule has 0 aliphatic rings. The number of amides is 1. The average Bonchev–Trinajstić information content (AvgIpc) is 2.96. The van der Waals surface area contributed by atoms with Crippen LogP contribution >= 0.6 is 23.2 Å². The quantitative estimate of drug-likeness (QED) is 0.622. The van der Waals surface area contributed by atoms with Gasteiger partial charge in [0.15, 0.2) is 5.69 Å². The highest BCUT2D eigenvalue weighted by Gasteiger charge is 2.20. The van der Waals surface area contributed by atoms with Crippen molar-refractivity contribution in [1.29, 1.82) is 0 Å². The van der Waals surface area contributed by atoms with Gasteiger partial charge in [0.05, 0.1) is 26.1 Å². The summed E-state index contributed by atoms with van der Waals surface area (Å²) in [5.74, 6) is -0.696. The molecule has 1 atom stereocenters. The summed E-state index contributed by atoms with van der Waals surface area (Å²) in [7, 11) is -2.91. The molecular weight excluding hydrogens is 407 g/mol. The van der Waals surface area contributed by atoms with Crippen molar-refractivity contribution in [3.63, 3.8) is 0 Å². The Morgan fingerprint density at radius 3 is 2.56 bits per heavy atom. The van der Waals surface area contributed by atoms with Crippen molar-refractivity contribution in [3.05, 3.63) is 69.5 Å². The summed E-state index contributed by atoms with van der Waals surface area (Å²) >= 11 is 12.1. The van der Waals surface area contributed by atoms with Gasteiger partial charge in [0.2, 0.25) is 0 Å². The van der Waals surface area contributed by atoms with Crippen molar-refractivity contribution in [3.8, 4) is 5.69 Å². The van der Waals surface area contributed by atoms with Crippen LogP contribution in [-0.2, 0) is 9.73 Å². The molecule has 1 aromatic heterocycles. The second-order valence-electron chi connectivity index (χ2n) is 6.05. The van der Waals surface area contributed by atoms with E-state index in [4.69, 9.17) is 23.2 Å². The molecule has 0 saturated heterocycles. The molecule has 6 nitrogen and oxygen atoms in total. The van der Waals surface area contributed by atoms with E-state index >= 15 is 0 Å². The van der Waals surface area contributed by atoms with E-state index in [-0.39, 0.29) is 5.69 Å². The summed E-state index contributed by atoms with van der Waals surface area (Å²) in [6, 6.07) is 12.0. The van der Waals surface area contributed by atoms with Gasteiger partial charge in [-0.1, -0.05) is 40.5 Å². The van der Waals surface area contributed by atoms with Crippen LogP contribution < -0.4 is 0 Å². The summed E-state index contributed by atoms with van der Waals surface area (Å²) < 4.78 is 18.3. The van der Waals surface area contributed by atoms with Crippen LogP contribution in [0.4, 0.5) is 0 Å². The first-order valence-corrected chi connectivity index (χ1v) is 10.6. The van der Waals surface area contributed by atoms with Crippen LogP contribution in [0.5, 0.6) is 0 Å². The van der Waals surface area contributed by atoms with Gasteiger partial charge in [-0.2, -0.15) is 4.36 Å². The second-order valence-corrected chi connectivity index (χ2v) is 9.15. The molecule has 0 N–H and O–H groups in total. The molecule has 0 fully saturated rings. The molecule has 1 unspecified atom stereocenters. The predicted molar refractivity (Wildman–Crippen MR) is 106 cm³/mol. The Kier molecular flexibility index (Phi) is 5.37. The van der Waals surface area contributed by atoms with Crippen molar-refractivity contribution >= 4 is 38.8 Å². The molecule has 3 aromatic rings. The van der Waals surface area contributed by atoms with Crippen molar-refractivity contribution in [2.75, 3.05) is 6.26 Å². The lowest BCUT2D eigenvalue weighted by molar-refractivity contribution is 0.0999. The number of carbonyl (C=O) groups excluding carboxylic acids is 1. The molecule has 0 aliphatic carbocycles. The first kappa shape index (κ1) is 19.5. The van der Waals surface area contributed by atoms with Gasteiger partial charge in [-0.15, -0.1) is 5.10 Å². The zero-order valence-corrected chi connectivity index (χ0v) is 17.1. The third-order valence-corrected chi connectivity index (χ3v) is 6.10. The SMILES string of the molecule is Cc1cccc(S(C)(=O)=NC(=O)c2nnn(-c3ccc(Cl)cc3Cl)c2C)c1. The van der Waals surface area contributed by atoms with E-state index in [1.807, 2.05) is 13.0 Å². The Bertz CT molecular complexity index is 1160. The van der Waals surface area contributed by atoms with Gasteiger partial charge in [0.1, 0.15) is 0 Å². The molecule has 140 valence electrons. The van der Waals surface area contributed by atoms with Gasteiger partial charge >= 0.3 is 5.91 Å². The Hall–Kier alpha value is -2.22. The van der Waals surface area contributed by atoms with Crippen LogP contribution in [0.25, 0.3) is 5.69 Å². The Labute approximate surface area is 167 Å². The normalized spacial score (nSPS) is 13.2. The molecule has 3 rings (SSSR count). The van der Waals surface area contributed by atoms with E-state index in [9.17, 15) is 9.00 Å². The third kappa shape index (κ3) is 4.05. The van der Waals surface area contributed by atoms with Gasteiger partial charge in [-0.05, 0) is 49.7 Å². The number of nitrogens with zero attached hydrogens (tertiary/aromatic N) is 4. The third-order valence-electron chi connectivity index (χ3n) is 3.92. The monoisotopic (exact) mass is 422 g/mol. The number of hydrogen-bond acceptors (Lipinski definition) is 4. The number of hydrogen-bond donors (Lipinski definition) is 0. The maximum atomic E-state index is 12.9. The molecule has 0 radical (unpaired) electrons. The zero-order chi connectivity index (χ0) is 19.8. The molecule has 0 aliphatic heterocycles. The number of benzene rings is 2. The molecule has 0 spiro atoms. The van der Waals surface area contributed by atoms with E-state index in [0.29, 0.717) is 26.3 Å². The lowest BCUT2D eigenvalue weighted by Gasteiger charge is -2.06. The predicted octanol–water partition coefficient (Wildman–Crippen LogP) is 4.49. The number of halogens is 2. The van der Waals surface area contributed by atoms with E-state index in [2.05, 4.69) is 14.7 Å². The van der Waals surface area contributed by atoms with Crippen molar-refractivity contribution in [2.45, 2.75) is 18.7 Å². The van der Waals surface area contributed by atoms with Crippen molar-refractivity contribution in [1.82, 2.24) is 15.0 Å². The minimum absolute atomic E-state index is 0.0169. The fraction of sp³-hybridized carbons (Fsp3) is 0.167. The fourth-order valence-electron chi connectivity index (χ4n) is 2.51. The van der Waals surface area contributed by atoms with Crippen LogP contribution in [0.3, 0.4) is 0 Å². The summed E-state index contributed by atoms with van der Waals surface area (Å²) in [4.78, 5) is 13.1. The molecule has 1 amide bonds. The number of carbonyl (C=O) groups is 1. The summed E-state index contributed by atoms with van der Waals surface area (Å²) in [5.41, 5.74) is 1.92. The Morgan fingerprint density at radius 2 is 1.89 bits per heavy atom. The van der Waals surface area contributed by atoms with E-state index < -0.39 is 15.6 Å². The number of aryl methyl sites for hydroxylation is 1. The smallest absolute Gasteiger partial charge is 0.264 e. The lowest BCUT2D eigenvalue weighted by atomic mass is 10.2. The summed E-state index contributed by atoms with van der Waals surface area (Å²) in [6.45, 7) is 3.55. The molecule has 27 heavy (non-hydrogen) atoms. The zero-order valence-electron chi connectivity index (χ0n) is 14.8. The van der Waals surface area contributed by atoms with Gasteiger partial charge in [0, 0.05) is 16.2 Å². The molecule has 1 heterocycles. The van der Waals surface area contributed by atoms with Gasteiger partial charge < -0.3 is 0 Å². The number of rotatable bonds is 3. The largest absolute Gasteiger partial charge is 0.307 e. The van der Waals surface area contributed by atoms with Crippen LogP contribution in [-0.4, -0.2) is 31.4 Å². The molecule has 0 saturated carbocycles. The van der Waals surface area contributed by atoms with E-state index in [0.717, 1.165) is 5.56 Å². The van der Waals surface area contributed by atoms with Crippen molar-refractivity contribution < 1.29 is 9.00 Å². The first-order chi connectivity index (χ1) is 12.7. The Balaban J connectivity index is 2.02. The van der Waals surface area contributed by atoms with Crippen molar-refractivity contribution in [2.24, 2.45) is 4.36 Å². The topological polar surface area (TPSA) is 77.2 Å². The van der Waals surface area contributed by atoms with E-state index in [1.54, 1.807) is 43.3 Å². The molecular formula is C18H16Cl2N4O2S. The van der Waals surface area contributed by atoms with Crippen LogP contribution in [0.2, 0.25) is 10.0 Å². The second kappa shape index (κ2) is 7.42. The highest BCUT2D eigenvalue weighted by Crippen LogP contribution is 2.25. The number of aromatic nitrogens is 3. The molecule has 2 aromatic carbocycles. The van der Waals surface area contributed by atoms with Crippen LogP contribution in [0.1, 0.15) is 21.7 Å². The maximum Gasteiger partial charge on any atom is 0.307 e. The van der Waals surface area contributed by atoms with Gasteiger partial charge in [-0.3, -0.25) is 4.79 Å². The lowest BCUT2D eigenvalue weighted by Crippen LogP contribution is -2.06. The van der Waals surface area contributed by atoms with Gasteiger partial charge in [-0.25, -0.2) is 8.89 Å². The highest BCUT2D eigenvalue weighted by molar-refractivity contribution is 7.93. The standard InChI is InChI=1S/C18H16Cl2N4O2S/c1-11-5-4-6-14(9-11)27(3,26)22-18(25)17-12(2)24(23-21-17)16-8-7-13(19)10-15(16)20/h4-10H,1-3H3. The Morgan fingerprint density at radius 1 is 1.15 bits per heavy atom. The van der Waals surface area contributed by atoms with Crippen LogP contribution in [0, 0.1) is 13.8 Å². The summed E-state index contributed by atoms with van der Waals surface area (Å²) in [5, 5.41) is 8.73. The fourth-order valence-corrected chi connectivity index (χ4v) is 4.25.